The van der Waals surface area contributed by atoms with E-state index in [0.717, 1.165) is 12.2 Å². The summed E-state index contributed by atoms with van der Waals surface area (Å²) in [6.07, 6.45) is 2.33. The number of fused-ring (bicyclic) bond motifs is 1. The zero-order valence-electron chi connectivity index (χ0n) is 11.6. The molecule has 0 spiro atoms. The molecular weight excluding hydrogens is 270 g/mol. The van der Waals surface area contributed by atoms with Crippen LogP contribution in [-0.2, 0) is 13.0 Å². The highest BCUT2D eigenvalue weighted by atomic mass is 35.5. The summed E-state index contributed by atoms with van der Waals surface area (Å²) in [5, 5.41) is 3.36. The summed E-state index contributed by atoms with van der Waals surface area (Å²) in [6, 6.07) is 17.3. The molecule has 0 amide bonds. The highest BCUT2D eigenvalue weighted by Crippen LogP contribution is 2.33. The molecule has 0 aromatic heterocycles. The van der Waals surface area contributed by atoms with Crippen molar-refractivity contribution in [3.05, 3.63) is 65.2 Å². The van der Waals surface area contributed by atoms with Gasteiger partial charge in [0, 0.05) is 6.04 Å². The first-order valence-electron chi connectivity index (χ1n) is 6.83. The van der Waals surface area contributed by atoms with Gasteiger partial charge in [-0.1, -0.05) is 36.4 Å². The van der Waals surface area contributed by atoms with Crippen molar-refractivity contribution in [1.29, 1.82) is 0 Å². The van der Waals surface area contributed by atoms with Crippen LogP contribution in [0.3, 0.4) is 0 Å². The molecule has 106 valence electrons. The minimum absolute atomic E-state index is 0. The number of rotatable bonds is 4. The molecule has 3 rings (SSSR count). The maximum Gasteiger partial charge on any atom is 0.120 e. The van der Waals surface area contributed by atoms with Gasteiger partial charge in [0.25, 0.3) is 0 Å². The van der Waals surface area contributed by atoms with Crippen LogP contribution in [0.4, 0.5) is 0 Å². The first-order valence-corrected chi connectivity index (χ1v) is 6.83. The average molecular weight is 290 g/mol. The van der Waals surface area contributed by atoms with Crippen LogP contribution in [-0.4, -0.2) is 7.05 Å². The Kier molecular flexibility index (Phi) is 5.05. The van der Waals surface area contributed by atoms with Crippen LogP contribution < -0.4 is 10.1 Å². The summed E-state index contributed by atoms with van der Waals surface area (Å²) in [4.78, 5) is 0. The molecule has 0 aliphatic heterocycles. The van der Waals surface area contributed by atoms with E-state index in [1.165, 1.54) is 23.1 Å². The van der Waals surface area contributed by atoms with Gasteiger partial charge in [0.2, 0.25) is 0 Å². The van der Waals surface area contributed by atoms with Crippen molar-refractivity contribution in [2.24, 2.45) is 0 Å². The average Bonchev–Trinajstić information content (AvgIpc) is 2.88. The molecule has 0 radical (unpaired) electrons. The lowest BCUT2D eigenvalue weighted by atomic mass is 10.1. The van der Waals surface area contributed by atoms with Crippen LogP contribution >= 0.6 is 12.4 Å². The molecule has 2 nitrogen and oxygen atoms in total. The third-order valence-electron chi connectivity index (χ3n) is 3.79. The fourth-order valence-corrected chi connectivity index (χ4v) is 2.72. The van der Waals surface area contributed by atoms with E-state index in [-0.39, 0.29) is 12.4 Å². The molecule has 0 saturated heterocycles. The molecule has 1 atom stereocenters. The summed E-state index contributed by atoms with van der Waals surface area (Å²) >= 11 is 0. The standard InChI is InChI=1S/C17H19NO.ClH/c1-18-17-10-7-14-11-15(8-9-16(14)17)19-12-13-5-3-2-4-6-13;/h2-6,8-9,11,17-18H,7,10,12H2,1H3;1H. The van der Waals surface area contributed by atoms with Crippen molar-refractivity contribution in [1.82, 2.24) is 5.32 Å². The SMILES string of the molecule is CNC1CCc2cc(OCc3ccccc3)ccc21.Cl. The van der Waals surface area contributed by atoms with Crippen LogP contribution in [0.15, 0.2) is 48.5 Å². The fraction of sp³-hybridized carbons (Fsp3) is 0.294. The maximum atomic E-state index is 5.87. The van der Waals surface area contributed by atoms with Crippen molar-refractivity contribution < 1.29 is 4.74 Å². The predicted octanol–water partition coefficient (Wildman–Crippen LogP) is 3.89. The van der Waals surface area contributed by atoms with Crippen LogP contribution in [0.5, 0.6) is 5.75 Å². The summed E-state index contributed by atoms with van der Waals surface area (Å²) in [7, 11) is 2.03. The van der Waals surface area contributed by atoms with E-state index in [1.807, 2.05) is 25.2 Å². The number of aryl methyl sites for hydroxylation is 1. The van der Waals surface area contributed by atoms with Gasteiger partial charge < -0.3 is 10.1 Å². The summed E-state index contributed by atoms with van der Waals surface area (Å²) in [5.41, 5.74) is 4.05. The second-order valence-corrected chi connectivity index (χ2v) is 5.01. The zero-order valence-corrected chi connectivity index (χ0v) is 12.5. The Balaban J connectivity index is 0.00000147. The number of benzene rings is 2. The lowest BCUT2D eigenvalue weighted by molar-refractivity contribution is 0.306. The van der Waals surface area contributed by atoms with Crippen molar-refractivity contribution in [3.8, 4) is 5.75 Å². The molecule has 20 heavy (non-hydrogen) atoms. The number of hydrogen-bond donors (Lipinski definition) is 1. The third-order valence-corrected chi connectivity index (χ3v) is 3.79. The number of nitrogens with one attached hydrogen (secondary N) is 1. The number of ether oxygens (including phenoxy) is 1. The largest absolute Gasteiger partial charge is 0.489 e. The van der Waals surface area contributed by atoms with Gasteiger partial charge in [0.15, 0.2) is 0 Å². The Morgan fingerprint density at radius 1 is 1.15 bits per heavy atom. The fourth-order valence-electron chi connectivity index (χ4n) is 2.72. The molecule has 1 aliphatic carbocycles. The van der Waals surface area contributed by atoms with Crippen LogP contribution in [0.2, 0.25) is 0 Å². The Morgan fingerprint density at radius 3 is 2.70 bits per heavy atom. The van der Waals surface area contributed by atoms with Gasteiger partial charge in [0.1, 0.15) is 12.4 Å². The van der Waals surface area contributed by atoms with E-state index < -0.39 is 0 Å². The molecule has 1 aliphatic rings. The van der Waals surface area contributed by atoms with Crippen LogP contribution in [0.25, 0.3) is 0 Å². The normalized spacial score (nSPS) is 16.4. The highest BCUT2D eigenvalue weighted by Gasteiger charge is 2.20. The van der Waals surface area contributed by atoms with Crippen LogP contribution in [0, 0.1) is 0 Å². The third kappa shape index (κ3) is 3.14. The topological polar surface area (TPSA) is 21.3 Å². The van der Waals surface area contributed by atoms with E-state index in [2.05, 4.69) is 35.6 Å². The smallest absolute Gasteiger partial charge is 0.120 e. The van der Waals surface area contributed by atoms with Crippen molar-refractivity contribution in [2.75, 3.05) is 7.05 Å². The highest BCUT2D eigenvalue weighted by molar-refractivity contribution is 5.85. The zero-order chi connectivity index (χ0) is 13.1. The molecule has 1 unspecified atom stereocenters. The molecule has 1 N–H and O–H groups in total. The van der Waals surface area contributed by atoms with E-state index in [1.54, 1.807) is 0 Å². The molecule has 0 heterocycles. The summed E-state index contributed by atoms with van der Waals surface area (Å²) in [5.74, 6) is 0.972. The molecular formula is C17H20ClNO. The summed E-state index contributed by atoms with van der Waals surface area (Å²) in [6.45, 7) is 0.634. The molecule has 2 aromatic carbocycles. The Hall–Kier alpha value is -1.51. The molecule has 2 aromatic rings. The molecule has 3 heteroatoms. The minimum Gasteiger partial charge on any atom is -0.489 e. The second-order valence-electron chi connectivity index (χ2n) is 5.01. The maximum absolute atomic E-state index is 5.87. The second kappa shape index (κ2) is 6.78. The van der Waals surface area contributed by atoms with Crippen molar-refractivity contribution in [2.45, 2.75) is 25.5 Å². The number of halogens is 1. The number of hydrogen-bond acceptors (Lipinski definition) is 2. The quantitative estimate of drug-likeness (QED) is 0.922. The van der Waals surface area contributed by atoms with Gasteiger partial charge in [-0.3, -0.25) is 0 Å². The van der Waals surface area contributed by atoms with Gasteiger partial charge in [0.05, 0.1) is 0 Å². The first-order chi connectivity index (χ1) is 9.36. The van der Waals surface area contributed by atoms with E-state index in [4.69, 9.17) is 4.74 Å². The molecule has 0 saturated carbocycles. The van der Waals surface area contributed by atoms with Gasteiger partial charge in [-0.25, -0.2) is 0 Å². The Labute approximate surface area is 126 Å². The van der Waals surface area contributed by atoms with E-state index >= 15 is 0 Å². The van der Waals surface area contributed by atoms with E-state index in [0.29, 0.717) is 12.6 Å². The van der Waals surface area contributed by atoms with E-state index in [9.17, 15) is 0 Å². The lowest BCUT2D eigenvalue weighted by Gasteiger charge is -2.11. The predicted molar refractivity (Wildman–Crippen MR) is 84.6 cm³/mol. The van der Waals surface area contributed by atoms with Gasteiger partial charge in [-0.05, 0) is 48.7 Å². The van der Waals surface area contributed by atoms with Gasteiger partial charge >= 0.3 is 0 Å². The minimum atomic E-state index is 0. The first kappa shape index (κ1) is 14.9. The van der Waals surface area contributed by atoms with Crippen molar-refractivity contribution in [3.63, 3.8) is 0 Å². The monoisotopic (exact) mass is 289 g/mol. The van der Waals surface area contributed by atoms with Crippen LogP contribution in [0.1, 0.15) is 29.2 Å². The summed E-state index contributed by atoms with van der Waals surface area (Å²) < 4.78 is 5.87. The Bertz CT molecular complexity index is 556. The van der Waals surface area contributed by atoms with Gasteiger partial charge in [-0.15, -0.1) is 12.4 Å². The van der Waals surface area contributed by atoms with Gasteiger partial charge in [-0.2, -0.15) is 0 Å². The molecule has 0 bridgehead atoms. The molecule has 0 fully saturated rings. The van der Waals surface area contributed by atoms with Crippen molar-refractivity contribution >= 4 is 12.4 Å². The lowest BCUT2D eigenvalue weighted by Crippen LogP contribution is -2.12. The Morgan fingerprint density at radius 2 is 1.95 bits per heavy atom.